The summed E-state index contributed by atoms with van der Waals surface area (Å²) in [5.41, 5.74) is 2.34. The minimum Gasteiger partial charge on any atom is -0.319 e. The molecule has 1 saturated heterocycles. The number of hydrogen-bond donors (Lipinski definition) is 1. The number of nitriles is 1. The molecule has 1 atom stereocenters. The Kier molecular flexibility index (Phi) is 4.80. The van der Waals surface area contributed by atoms with Gasteiger partial charge in [0, 0.05) is 0 Å². The fourth-order valence-corrected chi connectivity index (χ4v) is 3.62. The van der Waals surface area contributed by atoms with Gasteiger partial charge >= 0.3 is 6.03 Å². The zero-order valence-corrected chi connectivity index (χ0v) is 16.2. The lowest BCUT2D eigenvalue weighted by Crippen LogP contribution is -2.40. The zero-order valence-electron chi connectivity index (χ0n) is 16.2. The van der Waals surface area contributed by atoms with Gasteiger partial charge in [0.05, 0.1) is 18.2 Å². The van der Waals surface area contributed by atoms with Crippen LogP contribution in [0.25, 0.3) is 11.1 Å². The molecule has 1 unspecified atom stereocenters. The second kappa shape index (κ2) is 7.45. The number of imide groups is 1. The molecule has 3 aromatic carbocycles. The van der Waals surface area contributed by atoms with Crippen LogP contribution in [-0.2, 0) is 16.9 Å². The van der Waals surface area contributed by atoms with Crippen LogP contribution in [0, 0.1) is 17.1 Å². The lowest BCUT2D eigenvalue weighted by Gasteiger charge is -2.22. The zero-order chi connectivity index (χ0) is 21.3. The van der Waals surface area contributed by atoms with E-state index in [4.69, 9.17) is 0 Å². The molecule has 1 fully saturated rings. The van der Waals surface area contributed by atoms with Gasteiger partial charge in [0.1, 0.15) is 11.4 Å². The molecule has 3 amide bonds. The quantitative estimate of drug-likeness (QED) is 0.664. The molecule has 0 aliphatic carbocycles. The molecule has 148 valence electrons. The summed E-state index contributed by atoms with van der Waals surface area (Å²) >= 11 is 0. The van der Waals surface area contributed by atoms with Gasteiger partial charge in [-0.2, -0.15) is 5.26 Å². The smallest absolute Gasteiger partial charge is 0.319 e. The molecular formula is C24H18FN3O2. The standard InChI is InChI=1S/C24H18FN3O2/c1-24(19-10-12-20(25)13-11-19)22(29)28(23(30)27-24)15-16-6-8-17(9-7-16)21-5-3-2-4-18(21)14-26/h2-13H,15H2,1H3,(H,27,30). The van der Waals surface area contributed by atoms with Crippen LogP contribution in [0.3, 0.4) is 0 Å². The maximum atomic E-state index is 13.2. The van der Waals surface area contributed by atoms with Crippen molar-refractivity contribution in [3.8, 4) is 17.2 Å². The van der Waals surface area contributed by atoms with Crippen molar-refractivity contribution in [2.45, 2.75) is 19.0 Å². The summed E-state index contributed by atoms with van der Waals surface area (Å²) in [6.07, 6.45) is 0. The van der Waals surface area contributed by atoms with E-state index < -0.39 is 23.3 Å². The summed E-state index contributed by atoms with van der Waals surface area (Å²) < 4.78 is 13.2. The highest BCUT2D eigenvalue weighted by Gasteiger charge is 2.48. The van der Waals surface area contributed by atoms with E-state index >= 15 is 0 Å². The second-order valence-electron chi connectivity index (χ2n) is 7.31. The van der Waals surface area contributed by atoms with Crippen molar-refractivity contribution in [3.63, 3.8) is 0 Å². The number of halogens is 1. The van der Waals surface area contributed by atoms with E-state index in [1.165, 1.54) is 24.3 Å². The van der Waals surface area contributed by atoms with Gasteiger partial charge < -0.3 is 5.32 Å². The summed E-state index contributed by atoms with van der Waals surface area (Å²) in [5.74, 6) is -0.799. The average Bonchev–Trinajstić information content (AvgIpc) is 2.98. The lowest BCUT2D eigenvalue weighted by atomic mass is 9.92. The number of nitrogens with one attached hydrogen (secondary N) is 1. The molecule has 1 heterocycles. The van der Waals surface area contributed by atoms with Gasteiger partial charge in [0.25, 0.3) is 5.91 Å². The molecule has 0 aromatic heterocycles. The SMILES string of the molecule is CC1(c2ccc(F)cc2)NC(=O)N(Cc2ccc(-c3ccccc3C#N)cc2)C1=O. The summed E-state index contributed by atoms with van der Waals surface area (Å²) in [7, 11) is 0. The molecule has 1 aliphatic rings. The number of carbonyl (C=O) groups excluding carboxylic acids is 2. The Morgan fingerprint density at radius 1 is 1.00 bits per heavy atom. The summed E-state index contributed by atoms with van der Waals surface area (Å²) in [6.45, 7) is 1.73. The Bertz CT molecular complexity index is 1170. The Labute approximate surface area is 173 Å². The van der Waals surface area contributed by atoms with Crippen LogP contribution in [-0.4, -0.2) is 16.8 Å². The minimum absolute atomic E-state index is 0.113. The number of rotatable bonds is 4. The van der Waals surface area contributed by atoms with Gasteiger partial charge in [-0.3, -0.25) is 9.69 Å². The Balaban J connectivity index is 1.56. The fourth-order valence-electron chi connectivity index (χ4n) is 3.62. The van der Waals surface area contributed by atoms with E-state index in [1.807, 2.05) is 42.5 Å². The van der Waals surface area contributed by atoms with Gasteiger partial charge in [-0.15, -0.1) is 0 Å². The topological polar surface area (TPSA) is 73.2 Å². The highest BCUT2D eigenvalue weighted by atomic mass is 19.1. The predicted molar refractivity (Wildman–Crippen MR) is 109 cm³/mol. The molecular weight excluding hydrogens is 381 g/mol. The molecule has 4 rings (SSSR count). The Morgan fingerprint density at radius 2 is 1.67 bits per heavy atom. The van der Waals surface area contributed by atoms with Crippen LogP contribution in [0.15, 0.2) is 72.8 Å². The van der Waals surface area contributed by atoms with Crippen molar-refractivity contribution in [2.24, 2.45) is 0 Å². The third-order valence-corrected chi connectivity index (χ3v) is 5.35. The third kappa shape index (κ3) is 3.31. The van der Waals surface area contributed by atoms with Gasteiger partial charge in [0.2, 0.25) is 0 Å². The van der Waals surface area contributed by atoms with Crippen molar-refractivity contribution in [1.82, 2.24) is 10.2 Å². The van der Waals surface area contributed by atoms with E-state index in [2.05, 4.69) is 11.4 Å². The monoisotopic (exact) mass is 399 g/mol. The van der Waals surface area contributed by atoms with Crippen LogP contribution in [0.5, 0.6) is 0 Å². The van der Waals surface area contributed by atoms with Crippen molar-refractivity contribution in [3.05, 3.63) is 95.3 Å². The van der Waals surface area contributed by atoms with E-state index in [0.717, 1.165) is 21.6 Å². The number of benzene rings is 3. The number of nitrogens with zero attached hydrogens (tertiary/aromatic N) is 2. The first kappa shape index (κ1) is 19.3. The number of hydrogen-bond acceptors (Lipinski definition) is 3. The van der Waals surface area contributed by atoms with Gasteiger partial charge in [-0.1, -0.05) is 54.6 Å². The molecule has 5 nitrogen and oxygen atoms in total. The van der Waals surface area contributed by atoms with Crippen molar-refractivity contribution >= 4 is 11.9 Å². The maximum Gasteiger partial charge on any atom is 0.325 e. The number of amides is 3. The highest BCUT2D eigenvalue weighted by Crippen LogP contribution is 2.30. The summed E-state index contributed by atoms with van der Waals surface area (Å²) in [5, 5.41) is 12.0. The van der Waals surface area contributed by atoms with Crippen molar-refractivity contribution in [2.75, 3.05) is 0 Å². The molecule has 30 heavy (non-hydrogen) atoms. The molecule has 0 radical (unpaired) electrons. The molecule has 0 bridgehead atoms. The Hall–Kier alpha value is -3.98. The predicted octanol–water partition coefficient (Wildman–Crippen LogP) is 4.33. The minimum atomic E-state index is -1.24. The van der Waals surface area contributed by atoms with Crippen LogP contribution in [0.1, 0.15) is 23.6 Å². The normalized spacial score (nSPS) is 18.2. The molecule has 0 spiro atoms. The van der Waals surface area contributed by atoms with Crippen LogP contribution in [0.2, 0.25) is 0 Å². The van der Waals surface area contributed by atoms with Crippen molar-refractivity contribution in [1.29, 1.82) is 5.26 Å². The van der Waals surface area contributed by atoms with E-state index in [1.54, 1.807) is 13.0 Å². The van der Waals surface area contributed by atoms with Crippen molar-refractivity contribution < 1.29 is 14.0 Å². The van der Waals surface area contributed by atoms with Gasteiger partial charge in [-0.25, -0.2) is 9.18 Å². The van der Waals surface area contributed by atoms with Gasteiger partial charge in [0.15, 0.2) is 0 Å². The van der Waals surface area contributed by atoms with E-state index in [-0.39, 0.29) is 6.54 Å². The molecule has 0 saturated carbocycles. The van der Waals surface area contributed by atoms with E-state index in [9.17, 15) is 19.2 Å². The first-order chi connectivity index (χ1) is 14.4. The van der Waals surface area contributed by atoms with E-state index in [0.29, 0.717) is 11.1 Å². The summed E-state index contributed by atoms with van der Waals surface area (Å²) in [6, 6.07) is 21.9. The second-order valence-corrected chi connectivity index (χ2v) is 7.31. The number of urea groups is 1. The Morgan fingerprint density at radius 3 is 2.33 bits per heavy atom. The molecule has 6 heteroatoms. The van der Waals surface area contributed by atoms with Crippen LogP contribution < -0.4 is 5.32 Å². The first-order valence-corrected chi connectivity index (χ1v) is 9.41. The van der Waals surface area contributed by atoms with Crippen LogP contribution >= 0.6 is 0 Å². The fraction of sp³-hybridized carbons (Fsp3) is 0.125. The number of carbonyl (C=O) groups is 2. The molecule has 3 aromatic rings. The lowest BCUT2D eigenvalue weighted by molar-refractivity contribution is -0.131. The third-order valence-electron chi connectivity index (χ3n) is 5.35. The molecule has 1 N–H and O–H groups in total. The maximum absolute atomic E-state index is 13.2. The summed E-state index contributed by atoms with van der Waals surface area (Å²) in [4.78, 5) is 26.7. The average molecular weight is 399 g/mol. The highest BCUT2D eigenvalue weighted by molar-refractivity contribution is 6.07. The first-order valence-electron chi connectivity index (χ1n) is 9.41. The molecule has 1 aliphatic heterocycles. The van der Waals surface area contributed by atoms with Crippen LogP contribution in [0.4, 0.5) is 9.18 Å². The largest absolute Gasteiger partial charge is 0.325 e. The van der Waals surface area contributed by atoms with Gasteiger partial charge in [-0.05, 0) is 47.4 Å².